The Morgan fingerprint density at radius 2 is 2.20 bits per heavy atom. The van der Waals surface area contributed by atoms with Gasteiger partial charge in [0, 0.05) is 23.2 Å². The zero-order chi connectivity index (χ0) is 10.7. The zero-order valence-corrected chi connectivity index (χ0v) is 10.1. The first-order valence-electron chi connectivity index (χ1n) is 4.84. The number of ether oxygens (including phenoxy) is 1. The molecule has 2 rings (SSSR count). The van der Waals surface area contributed by atoms with Gasteiger partial charge in [0.05, 0.1) is 12.1 Å². The highest BCUT2D eigenvalue weighted by molar-refractivity contribution is 9.10. The average Bonchev–Trinajstić information content (AvgIpc) is 2.27. The number of aromatic nitrogens is 1. The number of methoxy groups -OCH3 is 1. The van der Waals surface area contributed by atoms with Crippen molar-refractivity contribution in [3.8, 4) is 0 Å². The molecule has 0 spiro atoms. The van der Waals surface area contributed by atoms with Crippen LogP contribution in [0.2, 0.25) is 0 Å². The maximum atomic E-state index is 5.09. The van der Waals surface area contributed by atoms with E-state index in [-0.39, 0.29) is 0 Å². The molecule has 0 aliphatic carbocycles. The van der Waals surface area contributed by atoms with E-state index >= 15 is 0 Å². The van der Waals surface area contributed by atoms with Crippen molar-refractivity contribution in [3.63, 3.8) is 0 Å². The Hall–Kier alpha value is -0.930. The van der Waals surface area contributed by atoms with Gasteiger partial charge in [-0.25, -0.2) is 0 Å². The molecule has 0 atom stereocenters. The summed E-state index contributed by atoms with van der Waals surface area (Å²) in [4.78, 5) is 4.41. The lowest BCUT2D eigenvalue weighted by atomic mass is 10.1. The molecule has 0 fully saturated rings. The minimum atomic E-state index is 0.729. The van der Waals surface area contributed by atoms with E-state index in [4.69, 9.17) is 4.74 Å². The molecule has 1 aromatic carbocycles. The second-order valence-electron chi connectivity index (χ2n) is 3.35. The van der Waals surface area contributed by atoms with E-state index in [0.717, 1.165) is 28.4 Å². The number of fused-ring (bicyclic) bond motifs is 1. The summed E-state index contributed by atoms with van der Waals surface area (Å²) in [5.41, 5.74) is 2.29. The number of hydrogen-bond donors (Lipinski definition) is 0. The Kier molecular flexibility index (Phi) is 3.34. The van der Waals surface area contributed by atoms with Gasteiger partial charge in [-0.1, -0.05) is 34.1 Å². The summed E-state index contributed by atoms with van der Waals surface area (Å²) in [5, 5.41) is 1.16. The lowest BCUT2D eigenvalue weighted by Crippen LogP contribution is -1.96. The van der Waals surface area contributed by atoms with Crippen LogP contribution in [0.4, 0.5) is 0 Å². The Morgan fingerprint density at radius 1 is 1.33 bits per heavy atom. The fraction of sp³-hybridized carbons (Fsp3) is 0.250. The third-order valence-electron chi connectivity index (χ3n) is 2.38. The van der Waals surface area contributed by atoms with Crippen molar-refractivity contribution in [2.24, 2.45) is 0 Å². The highest BCUT2D eigenvalue weighted by atomic mass is 79.9. The van der Waals surface area contributed by atoms with Crippen molar-refractivity contribution in [2.45, 2.75) is 6.42 Å². The van der Waals surface area contributed by atoms with Crippen LogP contribution in [-0.2, 0) is 11.2 Å². The maximum Gasteiger partial charge on any atom is 0.0746 e. The summed E-state index contributed by atoms with van der Waals surface area (Å²) in [5.74, 6) is 0. The molecule has 2 nitrogen and oxygen atoms in total. The summed E-state index contributed by atoms with van der Waals surface area (Å²) in [6.07, 6.45) is 2.72. The highest BCUT2D eigenvalue weighted by Crippen LogP contribution is 2.24. The van der Waals surface area contributed by atoms with E-state index in [1.165, 1.54) is 5.56 Å². The van der Waals surface area contributed by atoms with Gasteiger partial charge in [0.2, 0.25) is 0 Å². The fourth-order valence-electron chi connectivity index (χ4n) is 1.62. The van der Waals surface area contributed by atoms with Gasteiger partial charge in [0.25, 0.3) is 0 Å². The number of nitrogens with zero attached hydrogens (tertiary/aromatic N) is 1. The van der Waals surface area contributed by atoms with Crippen LogP contribution in [0.5, 0.6) is 0 Å². The molecule has 2 aromatic rings. The predicted octanol–water partition coefficient (Wildman–Crippen LogP) is 3.19. The molecule has 0 saturated carbocycles. The second-order valence-corrected chi connectivity index (χ2v) is 4.20. The molecular formula is C12H12BrNO. The molecule has 15 heavy (non-hydrogen) atoms. The van der Waals surface area contributed by atoms with E-state index in [2.05, 4.69) is 39.1 Å². The van der Waals surface area contributed by atoms with Gasteiger partial charge in [-0.2, -0.15) is 0 Å². The van der Waals surface area contributed by atoms with Crippen molar-refractivity contribution in [1.29, 1.82) is 0 Å². The first kappa shape index (κ1) is 10.6. The monoisotopic (exact) mass is 265 g/mol. The second kappa shape index (κ2) is 4.73. The normalized spacial score (nSPS) is 10.8. The van der Waals surface area contributed by atoms with E-state index in [9.17, 15) is 0 Å². The van der Waals surface area contributed by atoms with Gasteiger partial charge in [0.1, 0.15) is 0 Å². The van der Waals surface area contributed by atoms with Crippen LogP contribution in [0.1, 0.15) is 5.56 Å². The molecule has 0 aliphatic rings. The maximum absolute atomic E-state index is 5.09. The van der Waals surface area contributed by atoms with Crippen LogP contribution in [0, 0.1) is 0 Å². The SMILES string of the molecule is COCCc1cccc2c(Br)ccnc12. The Morgan fingerprint density at radius 3 is 3.00 bits per heavy atom. The molecule has 78 valence electrons. The number of para-hydroxylation sites is 1. The summed E-state index contributed by atoms with van der Waals surface area (Å²) >= 11 is 3.53. The highest BCUT2D eigenvalue weighted by Gasteiger charge is 2.03. The number of benzene rings is 1. The van der Waals surface area contributed by atoms with Crippen LogP contribution in [-0.4, -0.2) is 18.7 Å². The molecule has 0 bridgehead atoms. The lowest BCUT2D eigenvalue weighted by molar-refractivity contribution is 0.202. The fourth-order valence-corrected chi connectivity index (χ4v) is 2.06. The summed E-state index contributed by atoms with van der Waals surface area (Å²) in [7, 11) is 1.72. The molecule has 1 heterocycles. The summed E-state index contributed by atoms with van der Waals surface area (Å²) < 4.78 is 6.18. The molecular weight excluding hydrogens is 254 g/mol. The first-order valence-corrected chi connectivity index (χ1v) is 5.63. The molecule has 0 unspecified atom stereocenters. The number of halogens is 1. The van der Waals surface area contributed by atoms with Gasteiger partial charge in [-0.3, -0.25) is 4.98 Å². The van der Waals surface area contributed by atoms with Crippen LogP contribution in [0.3, 0.4) is 0 Å². The first-order chi connectivity index (χ1) is 7.33. The van der Waals surface area contributed by atoms with Crippen LogP contribution < -0.4 is 0 Å². The van der Waals surface area contributed by atoms with Gasteiger partial charge in [0.15, 0.2) is 0 Å². The van der Waals surface area contributed by atoms with E-state index in [1.807, 2.05) is 12.3 Å². The molecule has 1 aromatic heterocycles. The minimum Gasteiger partial charge on any atom is -0.384 e. The van der Waals surface area contributed by atoms with Crippen molar-refractivity contribution < 1.29 is 4.74 Å². The van der Waals surface area contributed by atoms with Crippen LogP contribution in [0.25, 0.3) is 10.9 Å². The Labute approximate surface area is 97.4 Å². The minimum absolute atomic E-state index is 0.729. The number of hydrogen-bond acceptors (Lipinski definition) is 2. The standard InChI is InChI=1S/C12H12BrNO/c1-15-8-6-9-3-2-4-10-11(13)5-7-14-12(9)10/h2-5,7H,6,8H2,1H3. The average molecular weight is 266 g/mol. The summed E-state index contributed by atoms with van der Waals surface area (Å²) in [6, 6.07) is 8.19. The molecule has 0 radical (unpaired) electrons. The molecule has 0 N–H and O–H groups in total. The van der Waals surface area contributed by atoms with E-state index in [1.54, 1.807) is 7.11 Å². The largest absolute Gasteiger partial charge is 0.384 e. The smallest absolute Gasteiger partial charge is 0.0746 e. The predicted molar refractivity (Wildman–Crippen MR) is 65.0 cm³/mol. The van der Waals surface area contributed by atoms with Crippen molar-refractivity contribution in [2.75, 3.05) is 13.7 Å². The van der Waals surface area contributed by atoms with Gasteiger partial charge in [-0.05, 0) is 18.1 Å². The molecule has 0 amide bonds. The Bertz CT molecular complexity index is 470. The van der Waals surface area contributed by atoms with Crippen LogP contribution >= 0.6 is 15.9 Å². The molecule has 3 heteroatoms. The Balaban J connectivity index is 2.51. The van der Waals surface area contributed by atoms with E-state index < -0.39 is 0 Å². The van der Waals surface area contributed by atoms with Crippen molar-refractivity contribution in [3.05, 3.63) is 40.5 Å². The zero-order valence-electron chi connectivity index (χ0n) is 8.53. The van der Waals surface area contributed by atoms with Gasteiger partial charge in [-0.15, -0.1) is 0 Å². The summed E-state index contributed by atoms with van der Waals surface area (Å²) in [6.45, 7) is 0.729. The van der Waals surface area contributed by atoms with Crippen molar-refractivity contribution in [1.82, 2.24) is 4.98 Å². The third-order valence-corrected chi connectivity index (χ3v) is 3.07. The molecule has 0 saturated heterocycles. The number of pyridine rings is 1. The molecule has 0 aliphatic heterocycles. The van der Waals surface area contributed by atoms with Gasteiger partial charge < -0.3 is 4.74 Å². The quantitative estimate of drug-likeness (QED) is 0.851. The topological polar surface area (TPSA) is 22.1 Å². The van der Waals surface area contributed by atoms with Crippen molar-refractivity contribution >= 4 is 26.8 Å². The van der Waals surface area contributed by atoms with E-state index in [0.29, 0.717) is 0 Å². The lowest BCUT2D eigenvalue weighted by Gasteiger charge is -2.05. The van der Waals surface area contributed by atoms with Gasteiger partial charge >= 0.3 is 0 Å². The third kappa shape index (κ3) is 2.19. The number of rotatable bonds is 3. The van der Waals surface area contributed by atoms with Crippen LogP contribution in [0.15, 0.2) is 34.9 Å².